The van der Waals surface area contributed by atoms with Gasteiger partial charge in [0.1, 0.15) is 0 Å². The number of anilines is 1. The standard InChI is InChI=1S/C33H39N3O5/c1-21(37)34-27-12-10-23-18-30(39-2)32(40-3)33(41-4)31(23)25-11-13-28(29(38)19-26(25)27)35-24-14-16-36(17-15-24)20-22-8-6-5-7-9-22/h5-9,11,13,18-19,24,27H,10,12,14-17,20H2,1-4H3,(H,34,37)(H,35,38)/t27-/m0/s1. The molecule has 8 nitrogen and oxygen atoms in total. The number of hydrogen-bond acceptors (Lipinski definition) is 7. The van der Waals surface area contributed by atoms with Crippen molar-refractivity contribution in [1.29, 1.82) is 0 Å². The summed E-state index contributed by atoms with van der Waals surface area (Å²) >= 11 is 0. The topological polar surface area (TPSA) is 89.1 Å². The minimum Gasteiger partial charge on any atom is -0.493 e. The van der Waals surface area contributed by atoms with Crippen LogP contribution in [0.4, 0.5) is 5.69 Å². The molecule has 3 aromatic rings. The minimum atomic E-state index is -0.328. The molecule has 5 rings (SSSR count). The van der Waals surface area contributed by atoms with Crippen molar-refractivity contribution < 1.29 is 19.0 Å². The number of carbonyl (C=O) groups is 1. The Hall–Kier alpha value is -4.04. The fourth-order valence-corrected chi connectivity index (χ4v) is 6.12. The van der Waals surface area contributed by atoms with Crippen molar-refractivity contribution in [3.63, 3.8) is 0 Å². The van der Waals surface area contributed by atoms with E-state index in [9.17, 15) is 9.59 Å². The van der Waals surface area contributed by atoms with Gasteiger partial charge in [-0.2, -0.15) is 0 Å². The third-order valence-electron chi connectivity index (χ3n) is 8.11. The summed E-state index contributed by atoms with van der Waals surface area (Å²) < 4.78 is 17.2. The molecule has 216 valence electrons. The third-order valence-corrected chi connectivity index (χ3v) is 8.11. The molecule has 0 spiro atoms. The van der Waals surface area contributed by atoms with Gasteiger partial charge in [-0.3, -0.25) is 14.5 Å². The smallest absolute Gasteiger partial charge is 0.217 e. The van der Waals surface area contributed by atoms with Gasteiger partial charge >= 0.3 is 0 Å². The number of nitrogens with zero attached hydrogens (tertiary/aromatic N) is 1. The van der Waals surface area contributed by atoms with Gasteiger partial charge in [-0.1, -0.05) is 36.4 Å². The highest BCUT2D eigenvalue weighted by atomic mass is 16.5. The number of nitrogens with one attached hydrogen (secondary N) is 2. The van der Waals surface area contributed by atoms with Gasteiger partial charge in [0.2, 0.25) is 17.1 Å². The van der Waals surface area contributed by atoms with Crippen LogP contribution >= 0.6 is 0 Å². The number of likely N-dealkylation sites (tertiary alicyclic amines) is 1. The number of piperidine rings is 1. The lowest BCUT2D eigenvalue weighted by Gasteiger charge is -2.32. The Labute approximate surface area is 241 Å². The van der Waals surface area contributed by atoms with Crippen molar-refractivity contribution in [2.24, 2.45) is 0 Å². The number of fused-ring (bicyclic) bond motifs is 3. The zero-order valence-corrected chi connectivity index (χ0v) is 24.3. The van der Waals surface area contributed by atoms with E-state index in [1.165, 1.54) is 12.5 Å². The van der Waals surface area contributed by atoms with Crippen LogP contribution < -0.4 is 30.3 Å². The lowest BCUT2D eigenvalue weighted by Crippen LogP contribution is -2.39. The fraction of sp³-hybridized carbons (Fsp3) is 0.394. The lowest BCUT2D eigenvalue weighted by molar-refractivity contribution is -0.119. The van der Waals surface area contributed by atoms with E-state index >= 15 is 0 Å². The van der Waals surface area contributed by atoms with E-state index in [2.05, 4.69) is 39.8 Å². The number of methoxy groups -OCH3 is 3. The SMILES string of the molecule is COc1cc2c(c(OC)c1OC)-c1ccc(NC3CCN(Cc4ccccc4)CC3)c(=O)cc1[C@@H](NC(C)=O)CC2. The molecular formula is C33H39N3O5. The number of carbonyl (C=O) groups excluding carboxylic acids is 1. The summed E-state index contributed by atoms with van der Waals surface area (Å²) in [6.45, 7) is 4.37. The first kappa shape index (κ1) is 28.5. The largest absolute Gasteiger partial charge is 0.493 e. The van der Waals surface area contributed by atoms with Crippen LogP contribution in [-0.2, 0) is 17.8 Å². The molecule has 0 aromatic heterocycles. The summed E-state index contributed by atoms with van der Waals surface area (Å²) in [4.78, 5) is 28.3. The van der Waals surface area contributed by atoms with Gasteiger partial charge in [-0.15, -0.1) is 0 Å². The Balaban J connectivity index is 1.48. The molecule has 1 heterocycles. The third kappa shape index (κ3) is 6.17. The van der Waals surface area contributed by atoms with Gasteiger partial charge < -0.3 is 24.8 Å². The molecule has 0 radical (unpaired) electrons. The molecule has 2 N–H and O–H groups in total. The molecule has 1 atom stereocenters. The Morgan fingerprint density at radius 1 is 0.927 bits per heavy atom. The number of rotatable bonds is 8. The summed E-state index contributed by atoms with van der Waals surface area (Å²) in [6.07, 6.45) is 3.19. The molecule has 2 aliphatic rings. The molecule has 1 aliphatic carbocycles. The van der Waals surface area contributed by atoms with Crippen LogP contribution in [-0.4, -0.2) is 51.3 Å². The van der Waals surface area contributed by atoms with Gasteiger partial charge in [0.15, 0.2) is 11.5 Å². The van der Waals surface area contributed by atoms with Crippen molar-refractivity contribution in [3.8, 4) is 28.4 Å². The van der Waals surface area contributed by atoms with Crippen molar-refractivity contribution in [3.05, 3.63) is 81.5 Å². The van der Waals surface area contributed by atoms with E-state index in [0.717, 1.165) is 54.7 Å². The van der Waals surface area contributed by atoms with Crippen molar-refractivity contribution in [2.75, 3.05) is 39.7 Å². The van der Waals surface area contributed by atoms with E-state index in [1.54, 1.807) is 27.4 Å². The first-order chi connectivity index (χ1) is 19.9. The van der Waals surface area contributed by atoms with E-state index in [1.807, 2.05) is 24.3 Å². The number of aryl methyl sites for hydroxylation is 1. The summed E-state index contributed by atoms with van der Waals surface area (Å²) in [5.41, 5.74) is 5.22. The highest BCUT2D eigenvalue weighted by Crippen LogP contribution is 2.50. The molecule has 0 bridgehead atoms. The van der Waals surface area contributed by atoms with Crippen LogP contribution in [0.2, 0.25) is 0 Å². The van der Waals surface area contributed by atoms with Crippen molar-refractivity contribution in [2.45, 2.75) is 51.2 Å². The maximum Gasteiger partial charge on any atom is 0.217 e. The Morgan fingerprint density at radius 3 is 2.32 bits per heavy atom. The molecule has 0 unspecified atom stereocenters. The van der Waals surface area contributed by atoms with Gasteiger partial charge in [0.25, 0.3) is 0 Å². The quantitative estimate of drug-likeness (QED) is 0.406. The maximum absolute atomic E-state index is 13.6. The lowest BCUT2D eigenvalue weighted by atomic mass is 9.95. The summed E-state index contributed by atoms with van der Waals surface area (Å²) in [6, 6.07) is 17.9. The predicted octanol–water partition coefficient (Wildman–Crippen LogP) is 4.94. The Morgan fingerprint density at radius 2 is 1.66 bits per heavy atom. The minimum absolute atomic E-state index is 0.101. The van der Waals surface area contributed by atoms with Crippen molar-refractivity contribution >= 4 is 11.6 Å². The number of benzene rings is 2. The molecular weight excluding hydrogens is 518 g/mol. The van der Waals surface area contributed by atoms with E-state index in [-0.39, 0.29) is 23.4 Å². The highest BCUT2D eigenvalue weighted by Gasteiger charge is 2.29. The second-order valence-electron chi connectivity index (χ2n) is 10.8. The maximum atomic E-state index is 13.6. The number of hydrogen-bond donors (Lipinski definition) is 2. The van der Waals surface area contributed by atoms with Crippen LogP contribution in [0.1, 0.15) is 48.9 Å². The van der Waals surface area contributed by atoms with E-state index in [4.69, 9.17) is 14.2 Å². The van der Waals surface area contributed by atoms with Crippen LogP contribution in [0.25, 0.3) is 11.1 Å². The second-order valence-corrected chi connectivity index (χ2v) is 10.8. The van der Waals surface area contributed by atoms with E-state index in [0.29, 0.717) is 35.8 Å². The molecule has 3 aromatic carbocycles. The molecule has 8 heteroatoms. The molecule has 1 saturated heterocycles. The zero-order valence-electron chi connectivity index (χ0n) is 24.3. The highest BCUT2D eigenvalue weighted by molar-refractivity contribution is 5.83. The molecule has 1 fully saturated rings. The van der Waals surface area contributed by atoms with Gasteiger partial charge in [0.05, 0.1) is 33.1 Å². The van der Waals surface area contributed by atoms with Crippen molar-refractivity contribution in [1.82, 2.24) is 10.2 Å². The normalized spacial score (nSPS) is 17.0. The fourth-order valence-electron chi connectivity index (χ4n) is 6.12. The Kier molecular flexibility index (Phi) is 8.78. The molecule has 0 saturated carbocycles. The predicted molar refractivity (Wildman–Crippen MR) is 161 cm³/mol. The monoisotopic (exact) mass is 557 g/mol. The zero-order chi connectivity index (χ0) is 28.9. The number of ether oxygens (including phenoxy) is 3. The van der Waals surface area contributed by atoms with Crippen LogP contribution in [0.5, 0.6) is 17.2 Å². The molecule has 1 aliphatic heterocycles. The van der Waals surface area contributed by atoms with Gasteiger partial charge in [0, 0.05) is 38.2 Å². The summed E-state index contributed by atoms with van der Waals surface area (Å²) in [7, 11) is 4.78. The van der Waals surface area contributed by atoms with Gasteiger partial charge in [-0.05, 0) is 66.1 Å². The van der Waals surface area contributed by atoms with Crippen LogP contribution in [0.15, 0.2) is 59.4 Å². The summed E-state index contributed by atoms with van der Waals surface area (Å²) in [5.74, 6) is 1.47. The van der Waals surface area contributed by atoms with Crippen LogP contribution in [0, 0.1) is 0 Å². The second kappa shape index (κ2) is 12.6. The average molecular weight is 558 g/mol. The summed E-state index contributed by atoms with van der Waals surface area (Å²) in [5, 5.41) is 6.61. The van der Waals surface area contributed by atoms with Gasteiger partial charge in [-0.25, -0.2) is 0 Å². The molecule has 41 heavy (non-hydrogen) atoms. The average Bonchev–Trinajstić information content (AvgIpc) is 3.22. The number of amides is 1. The Bertz CT molecular complexity index is 1450. The van der Waals surface area contributed by atoms with Crippen LogP contribution in [0.3, 0.4) is 0 Å². The first-order valence-corrected chi connectivity index (χ1v) is 14.2. The first-order valence-electron chi connectivity index (χ1n) is 14.2. The molecule has 1 amide bonds. The van der Waals surface area contributed by atoms with E-state index < -0.39 is 0 Å².